The zero-order chi connectivity index (χ0) is 25.1. The molecule has 1 fully saturated rings. The third kappa shape index (κ3) is 5.10. The number of benzene rings is 3. The molecule has 184 valence electrons. The molecule has 0 aromatic heterocycles. The molecular weight excluding hydrogens is 460 g/mol. The Hall–Kier alpha value is -2.81. The van der Waals surface area contributed by atoms with E-state index in [0.717, 1.165) is 10.4 Å². The lowest BCUT2D eigenvalue weighted by atomic mass is 10.1. The average Bonchev–Trinajstić information content (AvgIpc) is 3.13. The van der Waals surface area contributed by atoms with Gasteiger partial charge in [0.15, 0.2) is 12.4 Å². The minimum Gasteiger partial charge on any atom is -0.450 e. The Balaban J connectivity index is 1.58. The summed E-state index contributed by atoms with van der Waals surface area (Å²) in [6.45, 7) is 6.50. The SMILES string of the molecule is CC(C)(C)[Si](OC[C@H]1O[C@H](O)[C@@H](OC(=O)c2ccccc2)[C@@H]1O)(c1ccccc1)c1ccccc1. The molecule has 3 aromatic carbocycles. The van der Waals surface area contributed by atoms with Crippen LogP contribution in [0.2, 0.25) is 5.04 Å². The molecule has 0 radical (unpaired) electrons. The normalized spacial score (nSPS) is 22.7. The Bertz CT molecular complexity index is 1060. The van der Waals surface area contributed by atoms with Gasteiger partial charge in [0, 0.05) is 0 Å². The molecule has 0 unspecified atom stereocenters. The molecule has 7 heteroatoms. The highest BCUT2D eigenvalue weighted by atomic mass is 28.4. The molecule has 4 atom stereocenters. The van der Waals surface area contributed by atoms with Crippen LogP contribution in [0.3, 0.4) is 0 Å². The van der Waals surface area contributed by atoms with Gasteiger partial charge in [0.05, 0.1) is 12.2 Å². The molecule has 1 heterocycles. The fourth-order valence-electron chi connectivity index (χ4n) is 4.72. The number of esters is 1. The van der Waals surface area contributed by atoms with E-state index >= 15 is 0 Å². The lowest BCUT2D eigenvalue weighted by molar-refractivity contribution is -0.134. The summed E-state index contributed by atoms with van der Waals surface area (Å²) in [5.74, 6) is -0.633. The standard InChI is InChI=1S/C28H32O6Si/c1-28(2,3)35(21-15-9-5-10-16-21,22-17-11-6-12-18-22)32-19-23-24(29)25(27(31)33-23)34-26(30)20-13-7-4-8-14-20/h4-18,23-25,27,29,31H,19H2,1-3H3/t23-,24-,25+,27+/m1/s1. The monoisotopic (exact) mass is 492 g/mol. The van der Waals surface area contributed by atoms with Crippen molar-refractivity contribution in [3.8, 4) is 0 Å². The Morgan fingerprint density at radius 3 is 1.83 bits per heavy atom. The number of hydrogen-bond donors (Lipinski definition) is 2. The molecule has 3 aromatic rings. The first-order valence-electron chi connectivity index (χ1n) is 11.8. The van der Waals surface area contributed by atoms with Crippen molar-refractivity contribution >= 4 is 24.7 Å². The Labute approximate surface area is 207 Å². The molecule has 0 bridgehead atoms. The lowest BCUT2D eigenvalue weighted by Gasteiger charge is -2.43. The van der Waals surface area contributed by atoms with Crippen molar-refractivity contribution in [2.24, 2.45) is 0 Å². The zero-order valence-electron chi connectivity index (χ0n) is 20.2. The third-order valence-corrected chi connectivity index (χ3v) is 11.5. The van der Waals surface area contributed by atoms with Crippen molar-refractivity contribution in [3.05, 3.63) is 96.6 Å². The van der Waals surface area contributed by atoms with E-state index in [1.165, 1.54) is 0 Å². The van der Waals surface area contributed by atoms with Crippen LogP contribution < -0.4 is 10.4 Å². The molecule has 1 aliphatic heterocycles. The van der Waals surface area contributed by atoms with Crippen molar-refractivity contribution in [1.29, 1.82) is 0 Å². The molecule has 0 amide bonds. The van der Waals surface area contributed by atoms with E-state index in [0.29, 0.717) is 5.56 Å². The summed E-state index contributed by atoms with van der Waals surface area (Å²) < 4.78 is 17.9. The first-order valence-corrected chi connectivity index (χ1v) is 13.7. The average molecular weight is 493 g/mol. The molecule has 1 saturated heterocycles. The van der Waals surface area contributed by atoms with Gasteiger partial charge in [-0.1, -0.05) is 99.6 Å². The van der Waals surface area contributed by atoms with Gasteiger partial charge in [-0.3, -0.25) is 0 Å². The van der Waals surface area contributed by atoms with Crippen LogP contribution in [0.25, 0.3) is 0 Å². The number of rotatable bonds is 7. The number of aliphatic hydroxyl groups is 2. The Morgan fingerprint density at radius 1 is 0.857 bits per heavy atom. The van der Waals surface area contributed by atoms with Crippen molar-refractivity contribution in [2.45, 2.75) is 50.4 Å². The smallest absolute Gasteiger partial charge is 0.338 e. The van der Waals surface area contributed by atoms with Gasteiger partial charge in [0.1, 0.15) is 12.2 Å². The van der Waals surface area contributed by atoms with Crippen molar-refractivity contribution < 1.29 is 28.9 Å². The number of aliphatic hydroxyl groups excluding tert-OH is 2. The molecule has 0 spiro atoms. The minimum absolute atomic E-state index is 0.0326. The van der Waals surface area contributed by atoms with Gasteiger partial charge >= 0.3 is 5.97 Å². The van der Waals surface area contributed by atoms with Crippen LogP contribution in [0.5, 0.6) is 0 Å². The molecule has 0 aliphatic carbocycles. The third-order valence-electron chi connectivity index (χ3n) is 6.45. The molecule has 0 saturated carbocycles. The summed E-state index contributed by atoms with van der Waals surface area (Å²) in [6.07, 6.45) is -4.77. The van der Waals surface area contributed by atoms with Crippen molar-refractivity contribution in [3.63, 3.8) is 0 Å². The minimum atomic E-state index is -2.86. The van der Waals surface area contributed by atoms with E-state index in [9.17, 15) is 15.0 Å². The summed E-state index contributed by atoms with van der Waals surface area (Å²) >= 11 is 0. The zero-order valence-corrected chi connectivity index (χ0v) is 21.2. The molecule has 2 N–H and O–H groups in total. The van der Waals surface area contributed by atoms with Gasteiger partial charge in [-0.15, -0.1) is 0 Å². The van der Waals surface area contributed by atoms with Gasteiger partial charge in [0.25, 0.3) is 8.32 Å². The maximum absolute atomic E-state index is 12.5. The molecule has 6 nitrogen and oxygen atoms in total. The van der Waals surface area contributed by atoms with E-state index in [-0.39, 0.29) is 11.6 Å². The largest absolute Gasteiger partial charge is 0.450 e. The van der Waals surface area contributed by atoms with E-state index in [1.54, 1.807) is 30.3 Å². The summed E-state index contributed by atoms with van der Waals surface area (Å²) in [5.41, 5.74) is 0.332. The second-order valence-corrected chi connectivity index (χ2v) is 14.1. The van der Waals surface area contributed by atoms with Gasteiger partial charge in [0.2, 0.25) is 0 Å². The summed E-state index contributed by atoms with van der Waals surface area (Å²) in [6, 6.07) is 28.7. The van der Waals surface area contributed by atoms with Crippen LogP contribution in [0.4, 0.5) is 0 Å². The Morgan fingerprint density at radius 2 is 1.34 bits per heavy atom. The van der Waals surface area contributed by atoms with E-state index < -0.39 is 38.9 Å². The number of hydrogen-bond acceptors (Lipinski definition) is 6. The molecule has 1 aliphatic rings. The number of carbonyl (C=O) groups excluding carboxylic acids is 1. The maximum atomic E-state index is 12.5. The van der Waals surface area contributed by atoms with E-state index in [2.05, 4.69) is 45.0 Å². The quantitative estimate of drug-likeness (QED) is 0.390. The topological polar surface area (TPSA) is 85.2 Å². The summed E-state index contributed by atoms with van der Waals surface area (Å²) in [5, 5.41) is 23.3. The summed E-state index contributed by atoms with van der Waals surface area (Å²) in [4.78, 5) is 12.5. The summed E-state index contributed by atoms with van der Waals surface area (Å²) in [7, 11) is -2.86. The predicted molar refractivity (Wildman–Crippen MR) is 136 cm³/mol. The second kappa shape index (κ2) is 10.4. The highest BCUT2D eigenvalue weighted by Crippen LogP contribution is 2.37. The van der Waals surface area contributed by atoms with Crippen LogP contribution in [0, 0.1) is 0 Å². The highest BCUT2D eigenvalue weighted by molar-refractivity contribution is 6.99. The maximum Gasteiger partial charge on any atom is 0.338 e. The van der Waals surface area contributed by atoms with Gasteiger partial charge in [-0.2, -0.15) is 0 Å². The van der Waals surface area contributed by atoms with E-state index in [4.69, 9.17) is 13.9 Å². The van der Waals surface area contributed by atoms with Crippen LogP contribution in [0.15, 0.2) is 91.0 Å². The van der Waals surface area contributed by atoms with E-state index in [1.807, 2.05) is 36.4 Å². The second-order valence-electron chi connectivity index (χ2n) is 9.77. The van der Waals surface area contributed by atoms with Crippen LogP contribution in [-0.4, -0.2) is 55.7 Å². The molecule has 4 rings (SSSR count). The fourth-order valence-corrected chi connectivity index (χ4v) is 9.29. The first-order chi connectivity index (χ1) is 16.7. The number of ether oxygens (including phenoxy) is 2. The van der Waals surface area contributed by atoms with Crippen molar-refractivity contribution in [2.75, 3.05) is 6.61 Å². The Kier molecular flexibility index (Phi) is 7.54. The molecular formula is C28H32O6Si. The highest BCUT2D eigenvalue weighted by Gasteiger charge is 2.52. The van der Waals surface area contributed by atoms with Crippen LogP contribution >= 0.6 is 0 Å². The molecule has 35 heavy (non-hydrogen) atoms. The van der Waals surface area contributed by atoms with Crippen LogP contribution in [-0.2, 0) is 13.9 Å². The first kappa shape index (κ1) is 25.3. The lowest BCUT2D eigenvalue weighted by Crippen LogP contribution is -2.67. The van der Waals surface area contributed by atoms with Gasteiger partial charge in [-0.25, -0.2) is 4.79 Å². The van der Waals surface area contributed by atoms with Crippen molar-refractivity contribution in [1.82, 2.24) is 0 Å². The fraction of sp³-hybridized carbons (Fsp3) is 0.321. The van der Waals surface area contributed by atoms with Gasteiger partial charge in [-0.05, 0) is 27.5 Å². The number of carbonyl (C=O) groups is 1. The van der Waals surface area contributed by atoms with Gasteiger partial charge < -0.3 is 24.1 Å². The van der Waals surface area contributed by atoms with Crippen LogP contribution in [0.1, 0.15) is 31.1 Å². The predicted octanol–water partition coefficient (Wildman–Crippen LogP) is 2.87.